The molecule has 1 aromatic carbocycles. The Morgan fingerprint density at radius 3 is 2.46 bits per heavy atom. The molecule has 0 radical (unpaired) electrons. The summed E-state index contributed by atoms with van der Waals surface area (Å²) in [6.07, 6.45) is 2.07. The third kappa shape index (κ3) is 5.55. The number of hydrogen-bond donors (Lipinski definition) is 1. The van der Waals surface area contributed by atoms with Crippen LogP contribution in [-0.4, -0.2) is 37.0 Å². The van der Waals surface area contributed by atoms with Gasteiger partial charge in [0.15, 0.2) is 0 Å². The van der Waals surface area contributed by atoms with Crippen LogP contribution >= 0.6 is 0 Å². The van der Waals surface area contributed by atoms with Crippen LogP contribution in [0.15, 0.2) is 30.3 Å². The highest BCUT2D eigenvalue weighted by atomic mass is 16.5. The van der Waals surface area contributed by atoms with Gasteiger partial charge in [-0.25, -0.2) is 4.98 Å². The molecule has 0 saturated heterocycles. The van der Waals surface area contributed by atoms with Gasteiger partial charge in [0.05, 0.1) is 12.8 Å². The molecule has 2 rings (SSSR count). The molecule has 0 bridgehead atoms. The van der Waals surface area contributed by atoms with Crippen LogP contribution in [0.5, 0.6) is 5.75 Å². The summed E-state index contributed by atoms with van der Waals surface area (Å²) < 4.78 is 5.68. The fourth-order valence-corrected chi connectivity index (χ4v) is 2.98. The number of methoxy groups -OCH3 is 1. The molecular weight excluding hydrogens is 350 g/mol. The number of amides is 1. The third-order valence-corrected chi connectivity index (χ3v) is 4.48. The number of pyridine rings is 1. The molecule has 1 heterocycles. The number of aromatic nitrogens is 1. The summed E-state index contributed by atoms with van der Waals surface area (Å²) in [7, 11) is 5.82. The monoisotopic (exact) mass is 383 g/mol. The number of anilines is 1. The summed E-state index contributed by atoms with van der Waals surface area (Å²) >= 11 is 0. The van der Waals surface area contributed by atoms with E-state index < -0.39 is 5.41 Å². The number of benzene rings is 1. The van der Waals surface area contributed by atoms with Crippen LogP contribution in [0, 0.1) is 5.41 Å². The van der Waals surface area contributed by atoms with Crippen molar-refractivity contribution in [1.29, 1.82) is 0 Å². The molecule has 0 atom stereocenters. The lowest BCUT2D eigenvalue weighted by atomic mass is 9.95. The Balaban J connectivity index is 2.47. The van der Waals surface area contributed by atoms with Gasteiger partial charge in [-0.2, -0.15) is 0 Å². The maximum Gasteiger partial charge on any atom is 0.230 e. The largest absolute Gasteiger partial charge is 0.496 e. The van der Waals surface area contributed by atoms with Crippen LogP contribution in [0.1, 0.15) is 45.2 Å². The fourth-order valence-electron chi connectivity index (χ4n) is 2.98. The Morgan fingerprint density at radius 1 is 1.18 bits per heavy atom. The van der Waals surface area contributed by atoms with Crippen molar-refractivity contribution in [3.8, 4) is 17.0 Å². The van der Waals surface area contributed by atoms with Crippen molar-refractivity contribution in [1.82, 2.24) is 9.88 Å². The molecule has 28 heavy (non-hydrogen) atoms. The predicted molar refractivity (Wildman–Crippen MR) is 116 cm³/mol. The van der Waals surface area contributed by atoms with E-state index in [1.165, 1.54) is 11.1 Å². The maximum atomic E-state index is 12.3. The van der Waals surface area contributed by atoms with Gasteiger partial charge in [-0.15, -0.1) is 0 Å². The van der Waals surface area contributed by atoms with Gasteiger partial charge in [-0.05, 0) is 55.9 Å². The first-order valence-electron chi connectivity index (χ1n) is 9.79. The molecule has 0 aliphatic heterocycles. The minimum absolute atomic E-state index is 0.0582. The molecule has 0 saturated carbocycles. The molecule has 2 aromatic rings. The smallest absolute Gasteiger partial charge is 0.230 e. The highest BCUT2D eigenvalue weighted by molar-refractivity contribution is 5.94. The Morgan fingerprint density at radius 2 is 1.89 bits per heavy atom. The lowest BCUT2D eigenvalue weighted by Crippen LogP contribution is -2.28. The lowest BCUT2D eigenvalue weighted by molar-refractivity contribution is -0.123. The molecular formula is C23H33N3O2. The summed E-state index contributed by atoms with van der Waals surface area (Å²) in [6.45, 7) is 8.70. The molecule has 1 amide bonds. The fraction of sp³-hybridized carbons (Fsp3) is 0.478. The molecule has 152 valence electrons. The van der Waals surface area contributed by atoms with Gasteiger partial charge in [-0.3, -0.25) is 4.79 Å². The SMILES string of the molecule is CCCc1cc(-c2cccc(NC(=O)C(C)(C)C)n2)c(OC)cc1CN(C)C. The van der Waals surface area contributed by atoms with Gasteiger partial charge >= 0.3 is 0 Å². The van der Waals surface area contributed by atoms with E-state index >= 15 is 0 Å². The molecule has 5 heteroatoms. The van der Waals surface area contributed by atoms with Crippen molar-refractivity contribution in [3.05, 3.63) is 41.5 Å². The number of carbonyl (C=O) groups excluding carboxylic acids is 1. The minimum atomic E-state index is -0.475. The number of rotatable bonds is 7. The summed E-state index contributed by atoms with van der Waals surface area (Å²) in [6, 6.07) is 9.97. The van der Waals surface area contributed by atoms with Gasteiger partial charge in [0, 0.05) is 17.5 Å². The molecule has 0 aliphatic rings. The zero-order chi connectivity index (χ0) is 20.9. The zero-order valence-electron chi connectivity index (χ0n) is 18.2. The van der Waals surface area contributed by atoms with E-state index in [1.807, 2.05) is 39.0 Å². The quantitative estimate of drug-likeness (QED) is 0.749. The van der Waals surface area contributed by atoms with Crippen LogP contribution in [0.4, 0.5) is 5.82 Å². The van der Waals surface area contributed by atoms with Crippen LogP contribution in [0.3, 0.4) is 0 Å². The van der Waals surface area contributed by atoms with Gasteiger partial charge in [0.1, 0.15) is 11.6 Å². The van der Waals surface area contributed by atoms with Crippen molar-refractivity contribution >= 4 is 11.7 Å². The molecule has 0 fully saturated rings. The second kappa shape index (κ2) is 9.20. The molecule has 0 aliphatic carbocycles. The second-order valence-electron chi connectivity index (χ2n) is 8.42. The first-order valence-corrected chi connectivity index (χ1v) is 9.79. The average Bonchev–Trinajstić information content (AvgIpc) is 2.62. The summed E-state index contributed by atoms with van der Waals surface area (Å²) in [4.78, 5) is 19.1. The molecule has 0 unspecified atom stereocenters. The van der Waals surface area contributed by atoms with Crippen molar-refractivity contribution < 1.29 is 9.53 Å². The second-order valence-corrected chi connectivity index (χ2v) is 8.42. The molecule has 1 N–H and O–H groups in total. The number of aryl methyl sites for hydroxylation is 1. The molecule has 5 nitrogen and oxygen atoms in total. The Bertz CT molecular complexity index is 823. The zero-order valence-corrected chi connectivity index (χ0v) is 18.2. The van der Waals surface area contributed by atoms with E-state index in [0.717, 1.165) is 36.4 Å². The van der Waals surface area contributed by atoms with E-state index in [0.29, 0.717) is 5.82 Å². The summed E-state index contributed by atoms with van der Waals surface area (Å²) in [5.41, 5.74) is 3.83. The van der Waals surface area contributed by atoms with Gasteiger partial charge in [0.25, 0.3) is 0 Å². The number of nitrogens with one attached hydrogen (secondary N) is 1. The van der Waals surface area contributed by atoms with Crippen LogP contribution < -0.4 is 10.1 Å². The lowest BCUT2D eigenvalue weighted by Gasteiger charge is -2.19. The minimum Gasteiger partial charge on any atom is -0.496 e. The number of ether oxygens (including phenoxy) is 1. The van der Waals surface area contributed by atoms with E-state index in [2.05, 4.69) is 48.4 Å². The van der Waals surface area contributed by atoms with Gasteiger partial charge in [0.2, 0.25) is 5.91 Å². The van der Waals surface area contributed by atoms with Crippen LogP contribution in [0.2, 0.25) is 0 Å². The standard InChI is InChI=1S/C23H33N3O2/c1-8-10-16-13-18(20(28-7)14-17(16)15-26(5)6)19-11-9-12-21(24-19)25-22(27)23(2,3)4/h9,11-14H,8,10,15H2,1-7H3,(H,24,25,27). The van der Waals surface area contributed by atoms with Crippen molar-refractivity contribution in [3.63, 3.8) is 0 Å². The molecule has 0 spiro atoms. The third-order valence-electron chi connectivity index (χ3n) is 4.48. The maximum absolute atomic E-state index is 12.3. The van der Waals surface area contributed by atoms with E-state index in [1.54, 1.807) is 7.11 Å². The highest BCUT2D eigenvalue weighted by Gasteiger charge is 2.22. The van der Waals surface area contributed by atoms with E-state index in [-0.39, 0.29) is 5.91 Å². The van der Waals surface area contributed by atoms with Gasteiger partial charge < -0.3 is 15.0 Å². The highest BCUT2D eigenvalue weighted by Crippen LogP contribution is 2.33. The Kier molecular flexibility index (Phi) is 7.19. The number of hydrogen-bond acceptors (Lipinski definition) is 4. The van der Waals surface area contributed by atoms with Gasteiger partial charge in [-0.1, -0.05) is 40.2 Å². The van der Waals surface area contributed by atoms with E-state index in [9.17, 15) is 4.79 Å². The summed E-state index contributed by atoms with van der Waals surface area (Å²) in [5.74, 6) is 1.29. The number of carbonyl (C=O) groups is 1. The van der Waals surface area contributed by atoms with Crippen molar-refractivity contribution in [2.45, 2.75) is 47.1 Å². The Labute approximate surface area is 169 Å². The van der Waals surface area contributed by atoms with Crippen molar-refractivity contribution in [2.24, 2.45) is 5.41 Å². The Hall–Kier alpha value is -2.40. The first kappa shape index (κ1) is 21.9. The van der Waals surface area contributed by atoms with E-state index in [4.69, 9.17) is 4.74 Å². The summed E-state index contributed by atoms with van der Waals surface area (Å²) in [5, 5.41) is 2.91. The van der Waals surface area contributed by atoms with Crippen molar-refractivity contribution in [2.75, 3.05) is 26.5 Å². The predicted octanol–water partition coefficient (Wildman–Crippen LogP) is 4.76. The average molecular weight is 384 g/mol. The normalized spacial score (nSPS) is 11.6. The first-order chi connectivity index (χ1) is 13.2. The van der Waals surface area contributed by atoms with Crippen LogP contribution in [0.25, 0.3) is 11.3 Å². The molecule has 1 aromatic heterocycles. The topological polar surface area (TPSA) is 54.5 Å². The van der Waals surface area contributed by atoms with Crippen LogP contribution in [-0.2, 0) is 17.8 Å². The number of nitrogens with zero attached hydrogens (tertiary/aromatic N) is 2.